The summed E-state index contributed by atoms with van der Waals surface area (Å²) in [5.41, 5.74) is 3.48. The number of aryl methyl sites for hydroxylation is 2. The van der Waals surface area contributed by atoms with Crippen molar-refractivity contribution in [1.29, 1.82) is 0 Å². The van der Waals surface area contributed by atoms with Gasteiger partial charge < -0.3 is 8.94 Å². The summed E-state index contributed by atoms with van der Waals surface area (Å²) in [5.74, 6) is 2.17. The van der Waals surface area contributed by atoms with Crippen LogP contribution in [0.2, 0.25) is 0 Å². The van der Waals surface area contributed by atoms with Gasteiger partial charge in [-0.2, -0.15) is 0 Å². The lowest BCUT2D eigenvalue weighted by Gasteiger charge is -2.04. The van der Waals surface area contributed by atoms with Gasteiger partial charge >= 0.3 is 0 Å². The first-order chi connectivity index (χ1) is 9.72. The minimum absolute atomic E-state index is 0.673. The molecule has 0 atom stereocenters. The zero-order chi connectivity index (χ0) is 13.9. The van der Waals surface area contributed by atoms with Gasteiger partial charge in [0, 0.05) is 16.7 Å². The summed E-state index contributed by atoms with van der Waals surface area (Å²) in [5, 5.41) is 4.08. The van der Waals surface area contributed by atoms with Crippen LogP contribution in [0.3, 0.4) is 0 Å². The van der Waals surface area contributed by atoms with Crippen molar-refractivity contribution in [2.24, 2.45) is 0 Å². The largest absolute Gasteiger partial charge is 0.461 e. The van der Waals surface area contributed by atoms with Gasteiger partial charge in [0.1, 0.15) is 0 Å². The molecule has 0 N–H and O–H groups in total. The zero-order valence-corrected chi connectivity index (χ0v) is 12.2. The zero-order valence-electron chi connectivity index (χ0n) is 11.4. The maximum atomic E-state index is 5.29. The molecule has 0 fully saturated rings. The number of furan rings is 1. The molecule has 0 unspecified atom stereocenters. The predicted octanol–water partition coefficient (Wildman–Crippen LogP) is 4.84. The van der Waals surface area contributed by atoms with Gasteiger partial charge in [0.15, 0.2) is 5.76 Å². The number of aromatic nitrogens is 1. The van der Waals surface area contributed by atoms with Crippen LogP contribution in [0, 0.1) is 13.8 Å². The molecular formula is C16H15NO2S. The van der Waals surface area contributed by atoms with E-state index in [-0.39, 0.29) is 0 Å². The van der Waals surface area contributed by atoms with Gasteiger partial charge in [0.05, 0.1) is 12.0 Å². The molecule has 2 heterocycles. The average Bonchev–Trinajstić information content (AvgIpc) is 3.09. The maximum Gasteiger partial charge on any atom is 0.202 e. The van der Waals surface area contributed by atoms with E-state index in [1.165, 1.54) is 16.0 Å². The highest BCUT2D eigenvalue weighted by atomic mass is 32.2. The second-order valence-corrected chi connectivity index (χ2v) is 5.73. The molecule has 0 radical (unpaired) electrons. The van der Waals surface area contributed by atoms with Crippen LogP contribution in [0.1, 0.15) is 16.8 Å². The van der Waals surface area contributed by atoms with E-state index in [1.54, 1.807) is 18.0 Å². The molecule has 3 nitrogen and oxygen atoms in total. The Balaban J connectivity index is 1.71. The van der Waals surface area contributed by atoms with Crippen molar-refractivity contribution in [3.05, 3.63) is 59.5 Å². The molecule has 3 aromatic rings. The van der Waals surface area contributed by atoms with Crippen molar-refractivity contribution in [1.82, 2.24) is 5.16 Å². The fraction of sp³-hybridized carbons (Fsp3) is 0.188. The van der Waals surface area contributed by atoms with Gasteiger partial charge in [-0.3, -0.25) is 0 Å². The summed E-state index contributed by atoms with van der Waals surface area (Å²) in [6.45, 7) is 4.23. The molecule has 0 aliphatic carbocycles. The first kappa shape index (κ1) is 13.1. The van der Waals surface area contributed by atoms with Gasteiger partial charge in [0.25, 0.3) is 0 Å². The number of benzene rings is 1. The number of hydrogen-bond acceptors (Lipinski definition) is 4. The van der Waals surface area contributed by atoms with E-state index in [0.29, 0.717) is 11.5 Å². The fourth-order valence-electron chi connectivity index (χ4n) is 1.93. The molecule has 0 spiro atoms. The third-order valence-corrected chi connectivity index (χ3v) is 4.23. The van der Waals surface area contributed by atoms with E-state index in [2.05, 4.69) is 37.2 Å². The Morgan fingerprint density at radius 1 is 1.10 bits per heavy atom. The molecular weight excluding hydrogens is 270 g/mol. The lowest BCUT2D eigenvalue weighted by Crippen LogP contribution is -1.84. The molecule has 0 amide bonds. The van der Waals surface area contributed by atoms with Crippen LogP contribution in [0.4, 0.5) is 0 Å². The van der Waals surface area contributed by atoms with Crippen LogP contribution in [0.15, 0.2) is 56.5 Å². The molecule has 0 bridgehead atoms. The molecule has 0 aliphatic rings. The molecule has 0 saturated carbocycles. The van der Waals surface area contributed by atoms with Crippen molar-refractivity contribution >= 4 is 11.8 Å². The molecule has 4 heteroatoms. The van der Waals surface area contributed by atoms with Crippen LogP contribution in [-0.2, 0) is 5.75 Å². The van der Waals surface area contributed by atoms with Gasteiger partial charge in [0.2, 0.25) is 5.76 Å². The maximum absolute atomic E-state index is 5.29. The number of nitrogens with zero attached hydrogens (tertiary/aromatic N) is 1. The Labute approximate surface area is 122 Å². The SMILES string of the molecule is Cc1ccc(C)c(SCc2cc(-c3ccco3)on2)c1. The lowest BCUT2D eigenvalue weighted by molar-refractivity contribution is 0.413. The molecule has 102 valence electrons. The predicted molar refractivity (Wildman–Crippen MR) is 79.7 cm³/mol. The molecule has 2 aromatic heterocycles. The number of rotatable bonds is 4. The second-order valence-electron chi connectivity index (χ2n) is 4.72. The van der Waals surface area contributed by atoms with Gasteiger partial charge in [-0.25, -0.2) is 0 Å². The monoisotopic (exact) mass is 285 g/mol. The van der Waals surface area contributed by atoms with E-state index < -0.39 is 0 Å². The summed E-state index contributed by atoms with van der Waals surface area (Å²) in [6.07, 6.45) is 1.63. The van der Waals surface area contributed by atoms with E-state index in [4.69, 9.17) is 8.94 Å². The first-order valence-corrected chi connectivity index (χ1v) is 7.40. The molecule has 1 aromatic carbocycles. The van der Waals surface area contributed by atoms with Gasteiger partial charge in [-0.15, -0.1) is 11.8 Å². The molecule has 0 aliphatic heterocycles. The normalized spacial score (nSPS) is 10.9. The third-order valence-electron chi connectivity index (χ3n) is 3.04. The number of hydrogen-bond donors (Lipinski definition) is 0. The Morgan fingerprint density at radius 3 is 2.80 bits per heavy atom. The van der Waals surface area contributed by atoms with E-state index in [0.717, 1.165) is 11.4 Å². The molecule has 0 saturated heterocycles. The minimum atomic E-state index is 0.673. The Hall–Kier alpha value is -1.94. The fourth-order valence-corrected chi connectivity index (χ4v) is 2.93. The van der Waals surface area contributed by atoms with Crippen LogP contribution in [0.5, 0.6) is 0 Å². The van der Waals surface area contributed by atoms with Crippen LogP contribution in [0.25, 0.3) is 11.5 Å². The first-order valence-electron chi connectivity index (χ1n) is 6.42. The minimum Gasteiger partial charge on any atom is -0.461 e. The Bertz CT molecular complexity index is 701. The van der Waals surface area contributed by atoms with Crippen molar-refractivity contribution in [3.63, 3.8) is 0 Å². The van der Waals surface area contributed by atoms with Crippen LogP contribution < -0.4 is 0 Å². The highest BCUT2D eigenvalue weighted by Gasteiger charge is 2.09. The van der Waals surface area contributed by atoms with Crippen molar-refractivity contribution < 1.29 is 8.94 Å². The van der Waals surface area contributed by atoms with Crippen LogP contribution >= 0.6 is 11.8 Å². The lowest BCUT2D eigenvalue weighted by atomic mass is 10.2. The van der Waals surface area contributed by atoms with Crippen LogP contribution in [-0.4, -0.2) is 5.16 Å². The third kappa shape index (κ3) is 2.80. The van der Waals surface area contributed by atoms with Crippen molar-refractivity contribution in [2.45, 2.75) is 24.5 Å². The van der Waals surface area contributed by atoms with Crippen molar-refractivity contribution in [3.8, 4) is 11.5 Å². The number of thioether (sulfide) groups is 1. The standard InChI is InChI=1S/C16H15NO2S/c1-11-5-6-12(2)16(8-11)20-10-13-9-15(19-17-13)14-4-3-7-18-14/h3-9H,10H2,1-2H3. The smallest absolute Gasteiger partial charge is 0.202 e. The summed E-state index contributed by atoms with van der Waals surface area (Å²) in [6, 6.07) is 12.1. The highest BCUT2D eigenvalue weighted by molar-refractivity contribution is 7.98. The average molecular weight is 285 g/mol. The summed E-state index contributed by atoms with van der Waals surface area (Å²) >= 11 is 1.77. The van der Waals surface area contributed by atoms with E-state index >= 15 is 0 Å². The molecule has 3 rings (SSSR count). The highest BCUT2D eigenvalue weighted by Crippen LogP contribution is 2.28. The van der Waals surface area contributed by atoms with E-state index in [9.17, 15) is 0 Å². The van der Waals surface area contributed by atoms with Gasteiger partial charge in [-0.05, 0) is 37.6 Å². The summed E-state index contributed by atoms with van der Waals surface area (Å²) < 4.78 is 10.6. The Morgan fingerprint density at radius 2 is 2.00 bits per heavy atom. The van der Waals surface area contributed by atoms with E-state index in [1.807, 2.05) is 18.2 Å². The summed E-state index contributed by atoms with van der Waals surface area (Å²) in [7, 11) is 0. The Kier molecular flexibility index (Phi) is 3.65. The molecule has 20 heavy (non-hydrogen) atoms. The van der Waals surface area contributed by atoms with Gasteiger partial charge in [-0.1, -0.05) is 22.9 Å². The topological polar surface area (TPSA) is 39.2 Å². The van der Waals surface area contributed by atoms with Crippen molar-refractivity contribution in [2.75, 3.05) is 0 Å². The quantitative estimate of drug-likeness (QED) is 0.643. The second kappa shape index (κ2) is 5.59. The summed E-state index contributed by atoms with van der Waals surface area (Å²) in [4.78, 5) is 1.28.